The smallest absolute Gasteiger partial charge is 0.242 e. The molecule has 128 valence electrons. The lowest BCUT2D eigenvalue weighted by molar-refractivity contribution is -0.117. The molecule has 0 aliphatic carbocycles. The van der Waals surface area contributed by atoms with E-state index in [4.69, 9.17) is 11.6 Å². The van der Waals surface area contributed by atoms with Gasteiger partial charge in [0.1, 0.15) is 0 Å². The van der Waals surface area contributed by atoms with E-state index in [1.54, 1.807) is 30.3 Å². The highest BCUT2D eigenvalue weighted by molar-refractivity contribution is 7.89. The Bertz CT molecular complexity index is 849. The predicted octanol–water partition coefficient (Wildman–Crippen LogP) is 3.26. The van der Waals surface area contributed by atoms with E-state index in [2.05, 4.69) is 10.0 Å². The summed E-state index contributed by atoms with van der Waals surface area (Å²) < 4.78 is 27.0. The van der Waals surface area contributed by atoms with Crippen LogP contribution in [0.15, 0.2) is 47.4 Å². The summed E-state index contributed by atoms with van der Waals surface area (Å²) in [5, 5.41) is 3.26. The van der Waals surface area contributed by atoms with Crippen LogP contribution in [0.5, 0.6) is 0 Å². The summed E-state index contributed by atoms with van der Waals surface area (Å²) >= 11 is 5.88. The highest BCUT2D eigenvalue weighted by Crippen LogP contribution is 2.20. The number of rotatable bonds is 5. The average Bonchev–Trinajstić information content (AvgIpc) is 2.50. The Hall–Kier alpha value is -1.89. The van der Waals surface area contributed by atoms with Gasteiger partial charge in [-0.2, -0.15) is 4.72 Å². The molecule has 0 saturated heterocycles. The number of anilines is 1. The topological polar surface area (TPSA) is 75.3 Å². The molecule has 0 unspecified atom stereocenters. The summed E-state index contributed by atoms with van der Waals surface area (Å²) in [6.45, 7) is 5.17. The van der Waals surface area contributed by atoms with E-state index in [1.807, 2.05) is 13.8 Å². The molecule has 1 atom stereocenters. The number of amides is 1. The summed E-state index contributed by atoms with van der Waals surface area (Å²) in [4.78, 5) is 12.4. The van der Waals surface area contributed by atoms with Crippen LogP contribution < -0.4 is 10.0 Å². The quantitative estimate of drug-likeness (QED) is 0.852. The largest absolute Gasteiger partial charge is 0.324 e. The van der Waals surface area contributed by atoms with Gasteiger partial charge in [-0.05, 0) is 56.7 Å². The molecular weight excluding hydrogens is 348 g/mol. The molecule has 0 aromatic heterocycles. The number of hydrogen-bond acceptors (Lipinski definition) is 3. The molecule has 2 N–H and O–H groups in total. The van der Waals surface area contributed by atoms with Crippen molar-refractivity contribution in [2.24, 2.45) is 0 Å². The number of benzene rings is 2. The van der Waals surface area contributed by atoms with Gasteiger partial charge >= 0.3 is 0 Å². The molecule has 0 radical (unpaired) electrons. The van der Waals surface area contributed by atoms with E-state index in [9.17, 15) is 13.2 Å². The first-order valence-corrected chi connectivity index (χ1v) is 9.21. The van der Waals surface area contributed by atoms with Gasteiger partial charge in [0.2, 0.25) is 15.9 Å². The predicted molar refractivity (Wildman–Crippen MR) is 95.8 cm³/mol. The second kappa shape index (κ2) is 7.34. The van der Waals surface area contributed by atoms with E-state index in [0.29, 0.717) is 10.7 Å². The van der Waals surface area contributed by atoms with Crippen LogP contribution in [0.25, 0.3) is 0 Å². The molecule has 2 rings (SSSR count). The maximum Gasteiger partial charge on any atom is 0.242 e. The summed E-state index contributed by atoms with van der Waals surface area (Å²) in [6.07, 6.45) is 0. The van der Waals surface area contributed by atoms with Gasteiger partial charge in [0.25, 0.3) is 0 Å². The molecule has 24 heavy (non-hydrogen) atoms. The third-order valence-corrected chi connectivity index (χ3v) is 5.29. The number of nitrogens with one attached hydrogen (secondary N) is 2. The molecule has 0 bridgehead atoms. The Morgan fingerprint density at radius 2 is 1.71 bits per heavy atom. The van der Waals surface area contributed by atoms with E-state index in [-0.39, 0.29) is 4.90 Å². The summed E-state index contributed by atoms with van der Waals surface area (Å²) in [5.41, 5.74) is 2.34. The van der Waals surface area contributed by atoms with Crippen LogP contribution in [0.3, 0.4) is 0 Å². The first-order valence-electron chi connectivity index (χ1n) is 7.35. The van der Waals surface area contributed by atoms with Crippen LogP contribution in [0.2, 0.25) is 5.02 Å². The average molecular weight is 367 g/mol. The van der Waals surface area contributed by atoms with Crippen molar-refractivity contribution in [1.82, 2.24) is 4.72 Å². The maximum absolute atomic E-state index is 12.3. The lowest BCUT2D eigenvalue weighted by Gasteiger charge is -2.15. The minimum absolute atomic E-state index is 0.121. The van der Waals surface area contributed by atoms with Crippen molar-refractivity contribution in [3.63, 3.8) is 0 Å². The number of sulfonamides is 1. The van der Waals surface area contributed by atoms with E-state index in [1.165, 1.54) is 19.1 Å². The van der Waals surface area contributed by atoms with Gasteiger partial charge in [-0.1, -0.05) is 29.3 Å². The van der Waals surface area contributed by atoms with E-state index < -0.39 is 22.0 Å². The lowest BCUT2D eigenvalue weighted by Crippen LogP contribution is -2.41. The van der Waals surface area contributed by atoms with Crippen molar-refractivity contribution in [2.75, 3.05) is 5.32 Å². The van der Waals surface area contributed by atoms with Gasteiger partial charge < -0.3 is 5.32 Å². The number of carbonyl (C=O) groups is 1. The zero-order chi connectivity index (χ0) is 17.9. The fourth-order valence-electron chi connectivity index (χ4n) is 2.08. The van der Waals surface area contributed by atoms with Crippen LogP contribution in [0, 0.1) is 13.8 Å². The third kappa shape index (κ3) is 4.56. The van der Waals surface area contributed by atoms with Crippen LogP contribution in [0.4, 0.5) is 5.69 Å². The van der Waals surface area contributed by atoms with Gasteiger partial charge in [0.05, 0.1) is 10.9 Å². The molecule has 7 heteroatoms. The molecule has 0 aliphatic rings. The fraction of sp³-hybridized carbons (Fsp3) is 0.235. The Morgan fingerprint density at radius 3 is 2.29 bits per heavy atom. The van der Waals surface area contributed by atoms with Crippen molar-refractivity contribution < 1.29 is 13.2 Å². The lowest BCUT2D eigenvalue weighted by atomic mass is 10.2. The van der Waals surface area contributed by atoms with Crippen molar-refractivity contribution in [1.29, 1.82) is 0 Å². The fourth-order valence-corrected chi connectivity index (χ4v) is 3.51. The first-order chi connectivity index (χ1) is 11.2. The standard InChI is InChI=1S/C17H19ClN2O3S/c1-11-4-7-15(8-5-11)24(22,23)20-13(3)17(21)19-16-9-6-14(18)10-12(16)2/h4-10,13,20H,1-3H3,(H,19,21)/t13-/m0/s1. The molecule has 2 aromatic rings. The first kappa shape index (κ1) is 18.4. The molecule has 0 aliphatic heterocycles. The Labute approximate surface area is 147 Å². The van der Waals surface area contributed by atoms with Gasteiger partial charge in [-0.25, -0.2) is 8.42 Å². The zero-order valence-corrected chi connectivity index (χ0v) is 15.2. The van der Waals surface area contributed by atoms with Crippen LogP contribution in [-0.4, -0.2) is 20.4 Å². The molecular formula is C17H19ClN2O3S. The summed E-state index contributed by atoms with van der Waals surface area (Å²) in [7, 11) is -3.76. The van der Waals surface area contributed by atoms with Crippen molar-refractivity contribution in [2.45, 2.75) is 31.7 Å². The second-order valence-corrected chi connectivity index (χ2v) is 7.75. The van der Waals surface area contributed by atoms with Crippen LogP contribution in [-0.2, 0) is 14.8 Å². The van der Waals surface area contributed by atoms with Crippen LogP contribution in [0.1, 0.15) is 18.1 Å². The van der Waals surface area contributed by atoms with Gasteiger partial charge in [0.15, 0.2) is 0 Å². The Balaban J connectivity index is 2.09. The van der Waals surface area contributed by atoms with Gasteiger partial charge in [-0.15, -0.1) is 0 Å². The number of carbonyl (C=O) groups excluding carboxylic acids is 1. The van der Waals surface area contributed by atoms with Crippen molar-refractivity contribution in [3.05, 3.63) is 58.6 Å². The van der Waals surface area contributed by atoms with E-state index in [0.717, 1.165) is 11.1 Å². The van der Waals surface area contributed by atoms with Gasteiger partial charge in [0, 0.05) is 10.7 Å². The van der Waals surface area contributed by atoms with Crippen LogP contribution >= 0.6 is 11.6 Å². The maximum atomic E-state index is 12.3. The SMILES string of the molecule is Cc1ccc(S(=O)(=O)N[C@@H](C)C(=O)Nc2ccc(Cl)cc2C)cc1. The van der Waals surface area contributed by atoms with E-state index >= 15 is 0 Å². The molecule has 0 heterocycles. The Kier molecular flexibility index (Phi) is 5.64. The molecule has 2 aromatic carbocycles. The zero-order valence-electron chi connectivity index (χ0n) is 13.6. The minimum atomic E-state index is -3.76. The number of aryl methyl sites for hydroxylation is 2. The highest BCUT2D eigenvalue weighted by Gasteiger charge is 2.22. The number of halogens is 1. The summed E-state index contributed by atoms with van der Waals surface area (Å²) in [6, 6.07) is 10.6. The second-order valence-electron chi connectivity index (χ2n) is 5.60. The molecule has 0 saturated carbocycles. The molecule has 5 nitrogen and oxygen atoms in total. The molecule has 1 amide bonds. The highest BCUT2D eigenvalue weighted by atomic mass is 35.5. The van der Waals surface area contributed by atoms with Gasteiger partial charge in [-0.3, -0.25) is 4.79 Å². The third-order valence-electron chi connectivity index (χ3n) is 3.50. The van der Waals surface area contributed by atoms with Crippen molar-refractivity contribution in [3.8, 4) is 0 Å². The minimum Gasteiger partial charge on any atom is -0.324 e. The summed E-state index contributed by atoms with van der Waals surface area (Å²) in [5.74, 6) is -0.448. The normalized spacial score (nSPS) is 12.7. The van der Waals surface area contributed by atoms with Crippen molar-refractivity contribution >= 4 is 33.2 Å². The monoisotopic (exact) mass is 366 g/mol. The Morgan fingerprint density at radius 1 is 1.08 bits per heavy atom. The molecule has 0 fully saturated rings. The molecule has 0 spiro atoms. The number of hydrogen-bond donors (Lipinski definition) is 2.